The zero-order valence-corrected chi connectivity index (χ0v) is 9.24. The van der Waals surface area contributed by atoms with Gasteiger partial charge in [0.2, 0.25) is 6.08 Å². The van der Waals surface area contributed by atoms with Crippen LogP contribution < -0.4 is 4.74 Å². The molecule has 1 fully saturated rings. The first-order valence-corrected chi connectivity index (χ1v) is 5.19. The Kier molecular flexibility index (Phi) is 2.94. The number of para-hydroxylation sites is 1. The van der Waals surface area contributed by atoms with Crippen molar-refractivity contribution in [2.75, 3.05) is 7.11 Å². The van der Waals surface area contributed by atoms with Crippen molar-refractivity contribution in [1.82, 2.24) is 0 Å². The van der Waals surface area contributed by atoms with Gasteiger partial charge in [-0.25, -0.2) is 13.6 Å². The molecule has 0 aromatic heterocycles. The van der Waals surface area contributed by atoms with Crippen LogP contribution in [0.3, 0.4) is 0 Å². The van der Waals surface area contributed by atoms with Crippen molar-refractivity contribution in [2.45, 2.75) is 24.8 Å². The van der Waals surface area contributed by atoms with E-state index in [1.165, 1.54) is 25.3 Å². The van der Waals surface area contributed by atoms with Gasteiger partial charge in [-0.3, -0.25) is 0 Å². The van der Waals surface area contributed by atoms with Crippen LogP contribution in [0.25, 0.3) is 0 Å². The predicted molar refractivity (Wildman–Crippen MR) is 57.0 cm³/mol. The van der Waals surface area contributed by atoms with Crippen molar-refractivity contribution in [3.8, 4) is 5.75 Å². The molecule has 0 radical (unpaired) electrons. The van der Waals surface area contributed by atoms with Crippen LogP contribution in [0.15, 0.2) is 23.2 Å². The van der Waals surface area contributed by atoms with Crippen molar-refractivity contribution in [1.29, 1.82) is 0 Å². The second-order valence-electron chi connectivity index (χ2n) is 3.96. The lowest BCUT2D eigenvalue weighted by atomic mass is 10.0. The molecule has 90 valence electrons. The van der Waals surface area contributed by atoms with E-state index < -0.39 is 12.0 Å². The van der Waals surface area contributed by atoms with Crippen molar-refractivity contribution in [3.63, 3.8) is 0 Å². The van der Waals surface area contributed by atoms with Crippen LogP contribution in [0.5, 0.6) is 5.75 Å². The number of rotatable bonds is 4. The molecule has 0 heterocycles. The number of carbonyl (C=O) groups excluding carboxylic acids is 1. The van der Waals surface area contributed by atoms with Gasteiger partial charge in [0.1, 0.15) is 11.3 Å². The Morgan fingerprint density at radius 3 is 2.65 bits per heavy atom. The number of hydrogen-bond acceptors (Lipinski definition) is 3. The third kappa shape index (κ3) is 1.94. The van der Waals surface area contributed by atoms with Crippen LogP contribution in [-0.2, 0) is 10.3 Å². The SMILES string of the molecule is COc1c(C(F)F)cccc1C1(N=C=O)CC1. The Morgan fingerprint density at radius 1 is 1.47 bits per heavy atom. The van der Waals surface area contributed by atoms with E-state index in [9.17, 15) is 13.6 Å². The maximum Gasteiger partial charge on any atom is 0.267 e. The van der Waals surface area contributed by atoms with Gasteiger partial charge in [0.15, 0.2) is 0 Å². The summed E-state index contributed by atoms with van der Waals surface area (Å²) >= 11 is 0. The number of ether oxygens (including phenoxy) is 1. The average molecular weight is 239 g/mol. The van der Waals surface area contributed by atoms with Crippen molar-refractivity contribution < 1.29 is 18.3 Å². The maximum absolute atomic E-state index is 12.8. The Balaban J connectivity index is 2.55. The number of alkyl halides is 2. The number of aliphatic imine (C=N–C) groups is 1. The molecule has 0 saturated heterocycles. The minimum atomic E-state index is -2.61. The number of nitrogens with zero attached hydrogens (tertiary/aromatic N) is 1. The second kappa shape index (κ2) is 4.26. The molecule has 0 aliphatic heterocycles. The van der Waals surface area contributed by atoms with Crippen LogP contribution in [0, 0.1) is 0 Å². The molecule has 1 saturated carbocycles. The highest BCUT2D eigenvalue weighted by Gasteiger charge is 2.47. The molecule has 0 spiro atoms. The number of hydrogen-bond donors (Lipinski definition) is 0. The van der Waals surface area contributed by atoms with Crippen molar-refractivity contribution >= 4 is 6.08 Å². The lowest BCUT2D eigenvalue weighted by molar-refractivity contribution is 0.146. The molecule has 1 aliphatic rings. The summed E-state index contributed by atoms with van der Waals surface area (Å²) in [6.07, 6.45) is 0.207. The van der Waals surface area contributed by atoms with Crippen LogP contribution in [0.1, 0.15) is 30.4 Å². The molecule has 1 aliphatic carbocycles. The standard InChI is InChI=1S/C12H11F2NO2/c1-17-10-8(11(13)14)3-2-4-9(10)12(5-6-12)15-7-16/h2-4,11H,5-6H2,1H3. The summed E-state index contributed by atoms with van der Waals surface area (Å²) in [4.78, 5) is 14.1. The molecule has 0 unspecified atom stereocenters. The highest BCUT2D eigenvalue weighted by molar-refractivity contribution is 5.51. The summed E-state index contributed by atoms with van der Waals surface area (Å²) in [7, 11) is 1.34. The summed E-state index contributed by atoms with van der Waals surface area (Å²) < 4.78 is 30.6. The van der Waals surface area contributed by atoms with Gasteiger partial charge in [-0.15, -0.1) is 0 Å². The fraction of sp³-hybridized carbons (Fsp3) is 0.417. The maximum atomic E-state index is 12.8. The van der Waals surface area contributed by atoms with Gasteiger partial charge in [-0.1, -0.05) is 12.1 Å². The lowest BCUT2D eigenvalue weighted by Crippen LogP contribution is -2.07. The molecule has 0 N–H and O–H groups in total. The molecule has 0 atom stereocenters. The minimum absolute atomic E-state index is 0.124. The molecule has 0 amide bonds. The Bertz CT molecular complexity index is 477. The van der Waals surface area contributed by atoms with Gasteiger partial charge < -0.3 is 4.74 Å². The van der Waals surface area contributed by atoms with E-state index >= 15 is 0 Å². The van der Waals surface area contributed by atoms with Crippen LogP contribution >= 0.6 is 0 Å². The molecule has 17 heavy (non-hydrogen) atoms. The summed E-state index contributed by atoms with van der Waals surface area (Å²) in [6, 6.07) is 4.51. The van der Waals surface area contributed by atoms with Gasteiger partial charge in [0, 0.05) is 5.56 Å². The Morgan fingerprint density at radius 2 is 2.18 bits per heavy atom. The molecule has 0 bridgehead atoms. The first kappa shape index (κ1) is 11.7. The first-order chi connectivity index (χ1) is 8.14. The summed E-state index contributed by atoms with van der Waals surface area (Å²) in [5, 5.41) is 0. The minimum Gasteiger partial charge on any atom is -0.496 e. The molecule has 1 aromatic carbocycles. The number of halogens is 2. The van der Waals surface area contributed by atoms with Gasteiger partial charge in [-0.2, -0.15) is 4.99 Å². The largest absolute Gasteiger partial charge is 0.496 e. The van der Waals surface area contributed by atoms with Gasteiger partial charge in [0.25, 0.3) is 6.43 Å². The molecule has 5 heteroatoms. The fourth-order valence-corrected chi connectivity index (χ4v) is 1.97. The third-order valence-electron chi connectivity index (χ3n) is 2.97. The summed E-state index contributed by atoms with van der Waals surface area (Å²) in [5.41, 5.74) is -0.323. The first-order valence-electron chi connectivity index (χ1n) is 5.19. The Hall–Kier alpha value is -1.74. The van der Waals surface area contributed by atoms with Crippen molar-refractivity contribution in [2.24, 2.45) is 4.99 Å². The van der Waals surface area contributed by atoms with E-state index in [0.29, 0.717) is 18.4 Å². The number of benzene rings is 1. The summed E-state index contributed by atoms with van der Waals surface area (Å²) in [6.45, 7) is 0. The molecular formula is C12H11F2NO2. The highest BCUT2D eigenvalue weighted by atomic mass is 19.3. The van der Waals surface area contributed by atoms with E-state index in [4.69, 9.17) is 4.74 Å². The molecule has 3 nitrogen and oxygen atoms in total. The third-order valence-corrected chi connectivity index (χ3v) is 2.97. The van der Waals surface area contributed by atoms with E-state index in [1.807, 2.05) is 0 Å². The molecule has 2 rings (SSSR count). The average Bonchev–Trinajstić information content (AvgIpc) is 3.09. The van der Waals surface area contributed by atoms with Crippen LogP contribution in [0.2, 0.25) is 0 Å². The van der Waals surface area contributed by atoms with Gasteiger partial charge >= 0.3 is 0 Å². The molecular weight excluding hydrogens is 228 g/mol. The van der Waals surface area contributed by atoms with Crippen LogP contribution in [0.4, 0.5) is 8.78 Å². The van der Waals surface area contributed by atoms with E-state index in [1.54, 1.807) is 6.07 Å². The quantitative estimate of drug-likeness (QED) is 0.598. The number of isocyanates is 1. The second-order valence-corrected chi connectivity index (χ2v) is 3.96. The van der Waals surface area contributed by atoms with Crippen LogP contribution in [-0.4, -0.2) is 13.2 Å². The molecule has 1 aromatic rings. The highest BCUT2D eigenvalue weighted by Crippen LogP contribution is 2.53. The van der Waals surface area contributed by atoms with Gasteiger partial charge in [-0.05, 0) is 18.9 Å². The Labute approximate surface area is 97.1 Å². The van der Waals surface area contributed by atoms with Gasteiger partial charge in [0.05, 0.1) is 12.7 Å². The zero-order valence-electron chi connectivity index (χ0n) is 9.24. The summed E-state index contributed by atoms with van der Waals surface area (Å²) in [5.74, 6) is 0.124. The fourth-order valence-electron chi connectivity index (χ4n) is 1.97. The van der Waals surface area contributed by atoms with E-state index in [0.717, 1.165) is 0 Å². The lowest BCUT2D eigenvalue weighted by Gasteiger charge is -2.16. The monoisotopic (exact) mass is 239 g/mol. The van der Waals surface area contributed by atoms with Crippen molar-refractivity contribution in [3.05, 3.63) is 29.3 Å². The van der Waals surface area contributed by atoms with E-state index in [-0.39, 0.29) is 11.3 Å². The zero-order chi connectivity index (χ0) is 12.5. The predicted octanol–water partition coefficient (Wildman–Crippen LogP) is 2.96. The topological polar surface area (TPSA) is 38.7 Å². The smallest absolute Gasteiger partial charge is 0.267 e. The normalized spacial score (nSPS) is 16.5. The number of methoxy groups -OCH3 is 1. The van der Waals surface area contributed by atoms with E-state index in [2.05, 4.69) is 4.99 Å².